The van der Waals surface area contributed by atoms with Crippen molar-refractivity contribution in [3.63, 3.8) is 0 Å². The number of benzene rings is 2. The highest BCUT2D eigenvalue weighted by Crippen LogP contribution is 2.30. The Labute approximate surface area is 145 Å². The van der Waals surface area contributed by atoms with Crippen LogP contribution in [0.1, 0.15) is 5.56 Å². The molecule has 0 unspecified atom stereocenters. The molecule has 0 aliphatic carbocycles. The summed E-state index contributed by atoms with van der Waals surface area (Å²) in [5.74, 6) is -0.697. The van der Waals surface area contributed by atoms with Crippen LogP contribution in [-0.2, 0) is 6.54 Å². The molecule has 124 valence electrons. The van der Waals surface area contributed by atoms with Gasteiger partial charge in [0.05, 0.1) is 18.3 Å². The molecule has 0 amide bonds. The molecule has 4 rings (SSSR count). The summed E-state index contributed by atoms with van der Waals surface area (Å²) in [5.41, 5.74) is 1.63. The van der Waals surface area contributed by atoms with Gasteiger partial charge in [-0.05, 0) is 23.8 Å². The molecule has 6 heteroatoms. The predicted molar refractivity (Wildman–Crippen MR) is 94.8 cm³/mol. The Bertz CT molecular complexity index is 1120. The molecule has 3 nitrogen and oxygen atoms in total. The number of rotatable bonds is 3. The fourth-order valence-electron chi connectivity index (χ4n) is 2.73. The number of thiophene rings is 1. The fourth-order valence-corrected chi connectivity index (χ4v) is 3.64. The van der Waals surface area contributed by atoms with Gasteiger partial charge in [0, 0.05) is 16.5 Å². The van der Waals surface area contributed by atoms with Crippen molar-refractivity contribution in [2.75, 3.05) is 0 Å². The summed E-state index contributed by atoms with van der Waals surface area (Å²) in [6, 6.07) is 12.3. The molecule has 0 aliphatic rings. The van der Waals surface area contributed by atoms with Gasteiger partial charge in [-0.3, -0.25) is 9.36 Å². The van der Waals surface area contributed by atoms with Crippen LogP contribution in [0, 0.1) is 11.6 Å². The van der Waals surface area contributed by atoms with Crippen molar-refractivity contribution in [2.24, 2.45) is 0 Å². The molecule has 2 aromatic heterocycles. The number of nitrogens with zero attached hydrogens (tertiary/aromatic N) is 2. The molecule has 2 heterocycles. The van der Waals surface area contributed by atoms with Gasteiger partial charge in [-0.25, -0.2) is 13.8 Å². The lowest BCUT2D eigenvalue weighted by molar-refractivity contribution is 0.595. The van der Waals surface area contributed by atoms with E-state index in [1.165, 1.54) is 40.4 Å². The molecule has 0 saturated heterocycles. The molecule has 4 aromatic rings. The highest BCUT2D eigenvalue weighted by atomic mass is 32.1. The van der Waals surface area contributed by atoms with Crippen molar-refractivity contribution in [1.82, 2.24) is 9.55 Å². The van der Waals surface area contributed by atoms with Gasteiger partial charge in [0.25, 0.3) is 5.56 Å². The highest BCUT2D eigenvalue weighted by molar-refractivity contribution is 7.17. The summed E-state index contributed by atoms with van der Waals surface area (Å²) in [5, 5.41) is 2.30. The number of halogens is 2. The lowest BCUT2D eigenvalue weighted by Crippen LogP contribution is -2.21. The molecule has 0 bridgehead atoms. The molecule has 0 fully saturated rings. The summed E-state index contributed by atoms with van der Waals surface area (Å²) in [6.45, 7) is 0.104. The van der Waals surface area contributed by atoms with E-state index in [0.29, 0.717) is 21.3 Å². The summed E-state index contributed by atoms with van der Waals surface area (Å²) >= 11 is 1.35. The van der Waals surface area contributed by atoms with Gasteiger partial charge in [-0.15, -0.1) is 11.3 Å². The van der Waals surface area contributed by atoms with E-state index < -0.39 is 0 Å². The van der Waals surface area contributed by atoms with Crippen LogP contribution in [-0.4, -0.2) is 9.55 Å². The first-order chi connectivity index (χ1) is 12.1. The summed E-state index contributed by atoms with van der Waals surface area (Å²) < 4.78 is 28.4. The third kappa shape index (κ3) is 2.85. The Morgan fingerprint density at radius 3 is 2.56 bits per heavy atom. The zero-order valence-corrected chi connectivity index (χ0v) is 13.8. The van der Waals surface area contributed by atoms with Crippen LogP contribution in [0.4, 0.5) is 8.78 Å². The van der Waals surface area contributed by atoms with Gasteiger partial charge < -0.3 is 0 Å². The van der Waals surface area contributed by atoms with E-state index in [1.807, 2.05) is 5.38 Å². The average molecular weight is 354 g/mol. The Morgan fingerprint density at radius 1 is 1.04 bits per heavy atom. The monoisotopic (exact) mass is 354 g/mol. The quantitative estimate of drug-likeness (QED) is 0.545. The molecule has 25 heavy (non-hydrogen) atoms. The van der Waals surface area contributed by atoms with Gasteiger partial charge in [-0.1, -0.05) is 30.3 Å². The predicted octanol–water partition coefficient (Wildman–Crippen LogP) is 4.45. The summed E-state index contributed by atoms with van der Waals surface area (Å²) in [4.78, 5) is 17.8. The van der Waals surface area contributed by atoms with E-state index in [0.717, 1.165) is 5.56 Å². The average Bonchev–Trinajstić information content (AvgIpc) is 3.05. The molecule has 0 atom stereocenters. The molecule has 0 spiro atoms. The zero-order chi connectivity index (χ0) is 17.4. The third-order valence-corrected chi connectivity index (χ3v) is 4.90. The van der Waals surface area contributed by atoms with Crippen molar-refractivity contribution in [3.05, 3.63) is 87.8 Å². The van der Waals surface area contributed by atoms with E-state index in [9.17, 15) is 13.6 Å². The van der Waals surface area contributed by atoms with Crippen molar-refractivity contribution in [3.8, 4) is 11.1 Å². The van der Waals surface area contributed by atoms with Crippen LogP contribution >= 0.6 is 11.3 Å². The second-order valence-corrected chi connectivity index (χ2v) is 6.46. The SMILES string of the molecule is O=c1c2c(-c3ccc(F)cc3)csc2ncn1Cc1ccccc1F. The van der Waals surface area contributed by atoms with E-state index in [2.05, 4.69) is 4.98 Å². The lowest BCUT2D eigenvalue weighted by Gasteiger charge is -2.07. The van der Waals surface area contributed by atoms with Gasteiger partial charge in [0.15, 0.2) is 0 Å². The normalized spacial score (nSPS) is 11.1. The minimum Gasteiger partial charge on any atom is -0.294 e. The van der Waals surface area contributed by atoms with Crippen molar-refractivity contribution in [1.29, 1.82) is 0 Å². The largest absolute Gasteiger partial charge is 0.294 e. The van der Waals surface area contributed by atoms with Crippen molar-refractivity contribution in [2.45, 2.75) is 6.54 Å². The molecule has 0 aliphatic heterocycles. The van der Waals surface area contributed by atoms with Gasteiger partial charge in [0.2, 0.25) is 0 Å². The van der Waals surface area contributed by atoms with Crippen LogP contribution in [0.5, 0.6) is 0 Å². The Kier molecular flexibility index (Phi) is 3.89. The minimum atomic E-state index is -0.362. The maximum atomic E-state index is 13.9. The van der Waals surface area contributed by atoms with E-state index in [-0.39, 0.29) is 23.7 Å². The van der Waals surface area contributed by atoms with Crippen LogP contribution in [0.2, 0.25) is 0 Å². The Balaban J connectivity index is 1.85. The first-order valence-corrected chi connectivity index (χ1v) is 8.47. The maximum absolute atomic E-state index is 13.9. The van der Waals surface area contributed by atoms with Crippen LogP contribution < -0.4 is 5.56 Å². The van der Waals surface area contributed by atoms with Gasteiger partial charge in [-0.2, -0.15) is 0 Å². The topological polar surface area (TPSA) is 34.9 Å². The number of fused-ring (bicyclic) bond motifs is 1. The highest BCUT2D eigenvalue weighted by Gasteiger charge is 2.14. The maximum Gasteiger partial charge on any atom is 0.263 e. The fraction of sp³-hybridized carbons (Fsp3) is 0.0526. The standard InChI is InChI=1S/C19H12F2N2OS/c20-14-7-5-12(6-8-14)15-10-25-18-17(15)19(24)23(11-22-18)9-13-3-1-2-4-16(13)21/h1-8,10-11H,9H2. The summed E-state index contributed by atoms with van der Waals surface area (Å²) in [7, 11) is 0. The van der Waals surface area contributed by atoms with E-state index >= 15 is 0 Å². The van der Waals surface area contributed by atoms with Crippen LogP contribution in [0.15, 0.2) is 65.0 Å². The van der Waals surface area contributed by atoms with Crippen LogP contribution in [0.25, 0.3) is 21.3 Å². The molecule has 0 N–H and O–H groups in total. The van der Waals surface area contributed by atoms with E-state index in [4.69, 9.17) is 0 Å². The van der Waals surface area contributed by atoms with Crippen molar-refractivity contribution >= 4 is 21.6 Å². The van der Waals surface area contributed by atoms with E-state index in [1.54, 1.807) is 30.3 Å². The van der Waals surface area contributed by atoms with Crippen molar-refractivity contribution < 1.29 is 8.78 Å². The van der Waals surface area contributed by atoms with Crippen LogP contribution in [0.3, 0.4) is 0 Å². The summed E-state index contributed by atoms with van der Waals surface area (Å²) in [6.07, 6.45) is 1.43. The molecule has 0 radical (unpaired) electrons. The Hall–Kier alpha value is -2.86. The number of aromatic nitrogens is 2. The second kappa shape index (κ2) is 6.22. The van der Waals surface area contributed by atoms with Gasteiger partial charge in [0.1, 0.15) is 16.5 Å². The molecular weight excluding hydrogens is 342 g/mol. The first kappa shape index (κ1) is 15.7. The minimum absolute atomic E-state index is 0.104. The molecular formula is C19H12F2N2OS. The molecule has 2 aromatic carbocycles. The number of hydrogen-bond acceptors (Lipinski definition) is 3. The number of hydrogen-bond donors (Lipinski definition) is 0. The second-order valence-electron chi connectivity index (χ2n) is 5.61. The van der Waals surface area contributed by atoms with Gasteiger partial charge >= 0.3 is 0 Å². The smallest absolute Gasteiger partial charge is 0.263 e. The molecule has 0 saturated carbocycles. The third-order valence-electron chi connectivity index (χ3n) is 4.01. The zero-order valence-electron chi connectivity index (χ0n) is 12.9. The lowest BCUT2D eigenvalue weighted by atomic mass is 10.1. The Morgan fingerprint density at radius 2 is 1.80 bits per heavy atom. The first-order valence-electron chi connectivity index (χ1n) is 7.59.